The molecule has 0 unspecified atom stereocenters. The van der Waals surface area contributed by atoms with E-state index in [1.807, 2.05) is 0 Å². The topological polar surface area (TPSA) is 21.3 Å². The van der Waals surface area contributed by atoms with E-state index in [1.54, 1.807) is 0 Å². The molecule has 0 saturated carbocycles. The Kier molecular flexibility index (Phi) is 7.58. The number of hydrogen-bond acceptors (Lipinski definition) is 2. The Balaban J connectivity index is 1.13. The van der Waals surface area contributed by atoms with Gasteiger partial charge >= 0.3 is 0 Å². The van der Waals surface area contributed by atoms with Crippen molar-refractivity contribution in [3.63, 3.8) is 0 Å². The first-order valence-electron chi connectivity index (χ1n) is 20.8. The number of nitrogens with zero attached hydrogens (tertiary/aromatic N) is 2. The molecule has 2 heterocycles. The van der Waals surface area contributed by atoms with E-state index in [4.69, 9.17) is 4.42 Å². The molecule has 3 nitrogen and oxygen atoms in total. The van der Waals surface area contributed by atoms with Gasteiger partial charge in [0, 0.05) is 49.6 Å². The summed E-state index contributed by atoms with van der Waals surface area (Å²) in [6, 6.07) is 74.9. The van der Waals surface area contributed by atoms with Gasteiger partial charge in [0.25, 0.3) is 0 Å². The third kappa shape index (κ3) is 5.15. The predicted molar refractivity (Wildman–Crippen MR) is 251 cm³/mol. The number of benzene rings is 9. The van der Waals surface area contributed by atoms with Gasteiger partial charge in [0.1, 0.15) is 11.2 Å². The second kappa shape index (κ2) is 13.2. The molecular formula is C57H40N2O. The first kappa shape index (κ1) is 34.4. The van der Waals surface area contributed by atoms with E-state index in [0.717, 1.165) is 44.7 Å². The molecule has 0 aliphatic heterocycles. The van der Waals surface area contributed by atoms with Crippen LogP contribution in [0.2, 0.25) is 0 Å². The second-order valence-electron chi connectivity index (χ2n) is 16.5. The fraction of sp³-hybridized carbons (Fsp3) is 0.0526. The molecule has 0 radical (unpaired) electrons. The van der Waals surface area contributed by atoms with E-state index in [0.29, 0.717) is 0 Å². The van der Waals surface area contributed by atoms with Crippen molar-refractivity contribution < 1.29 is 4.42 Å². The van der Waals surface area contributed by atoms with Crippen LogP contribution in [-0.4, -0.2) is 4.57 Å². The van der Waals surface area contributed by atoms with Crippen LogP contribution >= 0.6 is 0 Å². The standard InChI is InChI=1S/C57H40N2O/c1-57(2)49-25-15-27-52(55(49)45-24-14-23-43(56(45)57)38-18-8-4-9-19-38)58(41-29-31-51-46(35-41)44-22-12-13-26-50(44)59(51)40-20-10-5-11-21-40)42-30-33-54-48(36-42)47-34-39(28-32-53(47)60-54)37-16-6-3-7-17-37/h3-36H,1-2H3. The molecule has 0 fully saturated rings. The van der Waals surface area contributed by atoms with E-state index in [9.17, 15) is 0 Å². The molecule has 3 heteroatoms. The Morgan fingerprint density at radius 2 is 1.03 bits per heavy atom. The van der Waals surface area contributed by atoms with Gasteiger partial charge in [-0.05, 0) is 112 Å². The molecule has 11 aromatic rings. The number of aromatic nitrogens is 1. The van der Waals surface area contributed by atoms with Crippen LogP contribution in [0.25, 0.3) is 82.8 Å². The summed E-state index contributed by atoms with van der Waals surface area (Å²) >= 11 is 0. The first-order chi connectivity index (χ1) is 29.5. The average Bonchev–Trinajstić information content (AvgIpc) is 3.92. The van der Waals surface area contributed by atoms with Crippen LogP contribution in [0.5, 0.6) is 0 Å². The number of hydrogen-bond donors (Lipinski definition) is 0. The summed E-state index contributed by atoms with van der Waals surface area (Å²) in [5.41, 5.74) is 18.5. The minimum Gasteiger partial charge on any atom is -0.456 e. The highest BCUT2D eigenvalue weighted by molar-refractivity contribution is 6.12. The van der Waals surface area contributed by atoms with Crippen molar-refractivity contribution in [2.24, 2.45) is 0 Å². The average molecular weight is 769 g/mol. The fourth-order valence-electron chi connectivity index (χ4n) is 10.1. The molecule has 12 rings (SSSR count). The number of para-hydroxylation sites is 2. The largest absolute Gasteiger partial charge is 0.456 e. The van der Waals surface area contributed by atoms with Crippen molar-refractivity contribution in [2.45, 2.75) is 19.3 Å². The highest BCUT2D eigenvalue weighted by atomic mass is 16.3. The SMILES string of the molecule is CC1(C)c2cccc(N(c3ccc4oc5ccc(-c6ccccc6)cc5c4c3)c3ccc4c(c3)c3ccccc3n4-c3ccccc3)c2-c2cccc(-c3ccccc3)c21. The molecule has 0 atom stereocenters. The predicted octanol–water partition coefficient (Wildman–Crippen LogP) is 15.8. The van der Waals surface area contributed by atoms with E-state index in [1.165, 1.54) is 66.3 Å². The summed E-state index contributed by atoms with van der Waals surface area (Å²) in [6.07, 6.45) is 0. The third-order valence-electron chi connectivity index (χ3n) is 12.7. The van der Waals surface area contributed by atoms with Crippen molar-refractivity contribution in [2.75, 3.05) is 4.90 Å². The van der Waals surface area contributed by atoms with Crippen LogP contribution in [0.15, 0.2) is 211 Å². The maximum absolute atomic E-state index is 6.52. The molecule has 9 aromatic carbocycles. The monoisotopic (exact) mass is 768 g/mol. The molecule has 60 heavy (non-hydrogen) atoms. The zero-order valence-electron chi connectivity index (χ0n) is 33.4. The lowest BCUT2D eigenvalue weighted by atomic mass is 9.79. The van der Waals surface area contributed by atoms with Gasteiger partial charge in [0.05, 0.1) is 16.7 Å². The Bertz CT molecular complexity index is 3450. The van der Waals surface area contributed by atoms with Gasteiger partial charge in [-0.25, -0.2) is 0 Å². The van der Waals surface area contributed by atoms with Crippen LogP contribution in [0.1, 0.15) is 25.0 Å². The highest BCUT2D eigenvalue weighted by Gasteiger charge is 2.40. The van der Waals surface area contributed by atoms with Crippen LogP contribution in [0.3, 0.4) is 0 Å². The summed E-state index contributed by atoms with van der Waals surface area (Å²) in [5.74, 6) is 0. The molecule has 284 valence electrons. The lowest BCUT2D eigenvalue weighted by molar-refractivity contribution is 0.662. The summed E-state index contributed by atoms with van der Waals surface area (Å²) in [4.78, 5) is 2.48. The van der Waals surface area contributed by atoms with Crippen LogP contribution in [0, 0.1) is 0 Å². The van der Waals surface area contributed by atoms with Gasteiger partial charge < -0.3 is 13.9 Å². The van der Waals surface area contributed by atoms with E-state index >= 15 is 0 Å². The molecule has 0 spiro atoms. The molecule has 0 bridgehead atoms. The van der Waals surface area contributed by atoms with Gasteiger partial charge in [0.2, 0.25) is 0 Å². The number of fused-ring (bicyclic) bond motifs is 9. The van der Waals surface area contributed by atoms with Crippen LogP contribution in [-0.2, 0) is 5.41 Å². The number of anilines is 3. The zero-order chi connectivity index (χ0) is 40.0. The molecule has 1 aliphatic carbocycles. The lowest BCUT2D eigenvalue weighted by Gasteiger charge is -2.29. The van der Waals surface area contributed by atoms with Crippen molar-refractivity contribution in [3.05, 3.63) is 217 Å². The normalized spacial score (nSPS) is 13.0. The van der Waals surface area contributed by atoms with Gasteiger partial charge in [-0.15, -0.1) is 0 Å². The van der Waals surface area contributed by atoms with Crippen molar-refractivity contribution in [1.82, 2.24) is 4.57 Å². The Hall–Kier alpha value is -7.62. The Morgan fingerprint density at radius 1 is 0.433 bits per heavy atom. The van der Waals surface area contributed by atoms with E-state index in [2.05, 4.69) is 230 Å². The Morgan fingerprint density at radius 3 is 1.82 bits per heavy atom. The van der Waals surface area contributed by atoms with E-state index < -0.39 is 0 Å². The maximum Gasteiger partial charge on any atom is 0.135 e. The molecule has 2 aromatic heterocycles. The van der Waals surface area contributed by atoms with Gasteiger partial charge in [-0.3, -0.25) is 0 Å². The number of furan rings is 1. The minimum absolute atomic E-state index is 0.232. The van der Waals surface area contributed by atoms with Gasteiger partial charge in [-0.1, -0.05) is 147 Å². The Labute approximate surface area is 349 Å². The molecule has 0 amide bonds. The fourth-order valence-corrected chi connectivity index (χ4v) is 10.1. The smallest absolute Gasteiger partial charge is 0.135 e. The third-order valence-corrected chi connectivity index (χ3v) is 12.7. The first-order valence-corrected chi connectivity index (χ1v) is 20.8. The van der Waals surface area contributed by atoms with Crippen molar-refractivity contribution in [3.8, 4) is 39.1 Å². The summed E-state index contributed by atoms with van der Waals surface area (Å²) in [5, 5.41) is 4.62. The molecule has 0 saturated heterocycles. The lowest BCUT2D eigenvalue weighted by Crippen LogP contribution is -2.17. The second-order valence-corrected chi connectivity index (χ2v) is 16.5. The summed E-state index contributed by atoms with van der Waals surface area (Å²) in [7, 11) is 0. The number of rotatable bonds is 6. The summed E-state index contributed by atoms with van der Waals surface area (Å²) in [6.45, 7) is 4.77. The zero-order valence-corrected chi connectivity index (χ0v) is 33.4. The van der Waals surface area contributed by atoms with Crippen molar-refractivity contribution in [1.29, 1.82) is 0 Å². The maximum atomic E-state index is 6.52. The quantitative estimate of drug-likeness (QED) is 0.168. The molecule has 1 aliphatic rings. The minimum atomic E-state index is -0.232. The van der Waals surface area contributed by atoms with Crippen molar-refractivity contribution >= 4 is 60.8 Å². The molecule has 0 N–H and O–H groups in total. The highest BCUT2D eigenvalue weighted by Crippen LogP contribution is 2.57. The van der Waals surface area contributed by atoms with Gasteiger partial charge in [0.15, 0.2) is 0 Å². The van der Waals surface area contributed by atoms with E-state index in [-0.39, 0.29) is 5.41 Å². The molecular weight excluding hydrogens is 729 g/mol. The van der Waals surface area contributed by atoms with Crippen LogP contribution in [0.4, 0.5) is 17.1 Å². The van der Waals surface area contributed by atoms with Crippen LogP contribution < -0.4 is 4.90 Å². The van der Waals surface area contributed by atoms with Gasteiger partial charge in [-0.2, -0.15) is 0 Å². The summed E-state index contributed by atoms with van der Waals surface area (Å²) < 4.78 is 8.91.